The molecule has 3 nitrogen and oxygen atoms in total. The maximum Gasteiger partial charge on any atom is 0.308 e. The van der Waals surface area contributed by atoms with Crippen LogP contribution in [0.25, 0.3) is 5.08 Å². The quantitative estimate of drug-likeness (QED) is 0.509. The van der Waals surface area contributed by atoms with Crippen LogP contribution in [-0.4, -0.2) is 0 Å². The minimum atomic E-state index is 0. The zero-order valence-electron chi connectivity index (χ0n) is 6.38. The summed E-state index contributed by atoms with van der Waals surface area (Å²) in [7, 11) is 0. The fourth-order valence-corrected chi connectivity index (χ4v) is 0.941. The van der Waals surface area contributed by atoms with E-state index in [9.17, 15) is 0 Å². The summed E-state index contributed by atoms with van der Waals surface area (Å²) in [5.41, 5.74) is 4.10. The van der Waals surface area contributed by atoms with E-state index in [-0.39, 0.29) is 12.4 Å². The standard InChI is InChI=1S/C7H7ClN3.ClH/c1-5-2-3-6(8)4-7(5)10-11-9;/h2-4,10H,1H3;1H/q+1;/p-1. The first-order chi connectivity index (χ1) is 5.24. The molecule has 0 aromatic heterocycles. The zero-order chi connectivity index (χ0) is 8.27. The van der Waals surface area contributed by atoms with Crippen molar-refractivity contribution in [3.05, 3.63) is 33.9 Å². The number of aryl methyl sites for hydroxylation is 1. The molecule has 1 aromatic carbocycles. The first kappa shape index (κ1) is 11.0. The van der Waals surface area contributed by atoms with Gasteiger partial charge in [-0.25, -0.2) is 0 Å². The molecule has 64 valence electrons. The van der Waals surface area contributed by atoms with Gasteiger partial charge in [-0.1, -0.05) is 17.7 Å². The summed E-state index contributed by atoms with van der Waals surface area (Å²) in [5.74, 6) is 0. The van der Waals surface area contributed by atoms with Crippen LogP contribution >= 0.6 is 11.6 Å². The van der Waals surface area contributed by atoms with E-state index < -0.39 is 0 Å². The van der Waals surface area contributed by atoms with Crippen LogP contribution in [0.15, 0.2) is 18.2 Å². The summed E-state index contributed by atoms with van der Waals surface area (Å²) in [6.45, 7) is 1.89. The number of nitrogens with one attached hydrogen (secondary N) is 1. The third kappa shape index (κ3) is 2.57. The van der Waals surface area contributed by atoms with E-state index in [0.717, 1.165) is 5.56 Å². The van der Waals surface area contributed by atoms with Crippen molar-refractivity contribution in [1.29, 1.82) is 5.39 Å². The molecule has 5 heteroatoms. The second-order valence-corrected chi connectivity index (χ2v) is 2.61. The number of benzene rings is 1. The Bertz CT molecular complexity index is 306. The fraction of sp³-hybridized carbons (Fsp3) is 0.143. The van der Waals surface area contributed by atoms with Gasteiger partial charge in [-0.05, 0) is 30.0 Å². The first-order valence-corrected chi connectivity index (χ1v) is 3.48. The number of hydrogen-bond donors (Lipinski definition) is 1. The molecule has 0 heterocycles. The molecule has 1 rings (SSSR count). The summed E-state index contributed by atoms with van der Waals surface area (Å²) in [6.07, 6.45) is 0. The Labute approximate surface area is 81.7 Å². The SMILES string of the molecule is Cc1ccc(Cl)cc1N[N+]#N.[Cl-]. The number of diazo groups is 1. The molecule has 1 aromatic rings. The molecule has 0 radical (unpaired) electrons. The molecule has 0 amide bonds. The van der Waals surface area contributed by atoms with Crippen LogP contribution in [0.5, 0.6) is 0 Å². The molecule has 0 bridgehead atoms. The van der Waals surface area contributed by atoms with Crippen LogP contribution in [0.2, 0.25) is 5.02 Å². The first-order valence-electron chi connectivity index (χ1n) is 3.10. The Hall–Kier alpha value is -0.980. The van der Waals surface area contributed by atoms with Gasteiger partial charge in [0, 0.05) is 5.02 Å². The summed E-state index contributed by atoms with van der Waals surface area (Å²) in [6, 6.07) is 5.31. The summed E-state index contributed by atoms with van der Waals surface area (Å²) in [5, 5.41) is 11.6. The van der Waals surface area contributed by atoms with E-state index in [0.29, 0.717) is 10.7 Å². The van der Waals surface area contributed by atoms with Crippen LogP contribution in [0.1, 0.15) is 5.56 Å². The van der Waals surface area contributed by atoms with Crippen molar-refractivity contribution in [2.24, 2.45) is 0 Å². The minimum absolute atomic E-state index is 0. The van der Waals surface area contributed by atoms with Gasteiger partial charge in [-0.3, -0.25) is 0 Å². The fourth-order valence-electron chi connectivity index (χ4n) is 0.769. The molecule has 0 aliphatic heterocycles. The lowest BCUT2D eigenvalue weighted by molar-refractivity contribution is -0.00000245. The highest BCUT2D eigenvalue weighted by Crippen LogP contribution is 2.19. The van der Waals surface area contributed by atoms with E-state index in [1.165, 1.54) is 0 Å². The second kappa shape index (κ2) is 4.81. The molecule has 0 saturated heterocycles. The average molecular weight is 204 g/mol. The summed E-state index contributed by atoms with van der Waals surface area (Å²) in [4.78, 5) is 0. The zero-order valence-corrected chi connectivity index (χ0v) is 7.89. The molecule has 1 N–H and O–H groups in total. The lowest BCUT2D eigenvalue weighted by Crippen LogP contribution is -3.00. The average Bonchev–Trinajstić information content (AvgIpc) is 1.98. The van der Waals surface area contributed by atoms with E-state index in [1.54, 1.807) is 12.1 Å². The predicted molar refractivity (Wildman–Crippen MR) is 44.9 cm³/mol. The molecule has 0 unspecified atom stereocenters. The van der Waals surface area contributed by atoms with Crippen molar-refractivity contribution in [3.63, 3.8) is 0 Å². The van der Waals surface area contributed by atoms with Crippen LogP contribution in [0, 0.1) is 12.3 Å². The monoisotopic (exact) mass is 203 g/mol. The van der Waals surface area contributed by atoms with E-state index >= 15 is 0 Å². The van der Waals surface area contributed by atoms with Gasteiger partial charge < -0.3 is 12.4 Å². The summed E-state index contributed by atoms with van der Waals surface area (Å²) >= 11 is 5.69. The highest BCUT2D eigenvalue weighted by Gasteiger charge is 2.02. The van der Waals surface area contributed by atoms with Crippen molar-refractivity contribution < 1.29 is 12.4 Å². The van der Waals surface area contributed by atoms with Gasteiger partial charge in [0.25, 0.3) is 5.39 Å². The minimum Gasteiger partial charge on any atom is -1.00 e. The van der Waals surface area contributed by atoms with E-state index in [2.05, 4.69) is 10.5 Å². The lowest BCUT2D eigenvalue weighted by Gasteiger charge is -1.95. The third-order valence-electron chi connectivity index (χ3n) is 1.37. The molecule has 0 saturated carbocycles. The molecular formula is C7H7Cl2N3. The molecule has 0 aliphatic carbocycles. The molecule has 0 atom stereocenters. The molecule has 0 fully saturated rings. The van der Waals surface area contributed by atoms with Gasteiger partial charge in [-0.2, -0.15) is 0 Å². The maximum absolute atomic E-state index is 8.21. The Morgan fingerprint density at radius 3 is 2.75 bits per heavy atom. The van der Waals surface area contributed by atoms with E-state index in [4.69, 9.17) is 17.0 Å². The lowest BCUT2D eigenvalue weighted by atomic mass is 10.2. The Kier molecular flexibility index (Phi) is 4.42. The Morgan fingerprint density at radius 2 is 2.17 bits per heavy atom. The van der Waals surface area contributed by atoms with Crippen molar-refractivity contribution in [1.82, 2.24) is 0 Å². The van der Waals surface area contributed by atoms with Crippen LogP contribution in [0.4, 0.5) is 5.69 Å². The smallest absolute Gasteiger partial charge is 0.308 e. The van der Waals surface area contributed by atoms with Crippen LogP contribution in [0.3, 0.4) is 0 Å². The highest BCUT2D eigenvalue weighted by molar-refractivity contribution is 6.30. The van der Waals surface area contributed by atoms with Gasteiger partial charge in [0.05, 0.1) is 0 Å². The van der Waals surface area contributed by atoms with Gasteiger partial charge in [0.1, 0.15) is 5.69 Å². The van der Waals surface area contributed by atoms with E-state index in [1.807, 2.05) is 13.0 Å². The third-order valence-corrected chi connectivity index (χ3v) is 1.61. The van der Waals surface area contributed by atoms with Crippen molar-refractivity contribution in [2.75, 3.05) is 5.43 Å². The second-order valence-electron chi connectivity index (χ2n) is 2.17. The summed E-state index contributed by atoms with van der Waals surface area (Å²) < 4.78 is 0. The molecule has 0 spiro atoms. The highest BCUT2D eigenvalue weighted by atomic mass is 35.5. The van der Waals surface area contributed by atoms with Crippen molar-refractivity contribution in [3.8, 4) is 0 Å². The Balaban J connectivity index is 0.00000121. The largest absolute Gasteiger partial charge is 1.00 e. The number of anilines is 1. The number of halogens is 2. The van der Waals surface area contributed by atoms with Crippen LogP contribution < -0.4 is 17.8 Å². The molecule has 0 aliphatic rings. The predicted octanol–water partition coefficient (Wildman–Crippen LogP) is -0.168. The van der Waals surface area contributed by atoms with Gasteiger partial charge in [0.2, 0.25) is 0 Å². The van der Waals surface area contributed by atoms with Crippen molar-refractivity contribution in [2.45, 2.75) is 6.92 Å². The van der Waals surface area contributed by atoms with Gasteiger partial charge >= 0.3 is 5.08 Å². The normalized spacial score (nSPS) is 8.08. The number of nitrogens with zero attached hydrogens (tertiary/aromatic N) is 2. The number of hydrogen-bond acceptors (Lipinski definition) is 2. The maximum atomic E-state index is 8.21. The molecule has 12 heavy (non-hydrogen) atoms. The van der Waals surface area contributed by atoms with Gasteiger partial charge in [0.15, 0.2) is 0 Å². The van der Waals surface area contributed by atoms with Crippen LogP contribution in [-0.2, 0) is 0 Å². The van der Waals surface area contributed by atoms with Crippen molar-refractivity contribution >= 4 is 17.3 Å². The van der Waals surface area contributed by atoms with Gasteiger partial charge in [-0.15, -0.1) is 0 Å². The topological polar surface area (TPSA) is 40.2 Å². The molecular weight excluding hydrogens is 197 g/mol. The number of rotatable bonds is 1. The Morgan fingerprint density at radius 1 is 1.50 bits per heavy atom.